The maximum absolute atomic E-state index is 10.6. The number of aliphatic hydroxyl groups is 1. The lowest BCUT2D eigenvalue weighted by Crippen LogP contribution is -2.45. The van der Waals surface area contributed by atoms with Crippen molar-refractivity contribution in [2.75, 3.05) is 0 Å². The second-order valence-corrected chi connectivity index (χ2v) is 4.39. The minimum atomic E-state index is -0.875. The predicted octanol–water partition coefficient (Wildman–Crippen LogP) is 1.53. The molecular formula is C12H23NO3. The molecule has 0 saturated heterocycles. The Hall–Kier alpha value is -0.610. The summed E-state index contributed by atoms with van der Waals surface area (Å²) >= 11 is 0. The van der Waals surface area contributed by atoms with E-state index in [1.165, 1.54) is 0 Å². The highest BCUT2D eigenvalue weighted by atomic mass is 16.4. The quantitative estimate of drug-likeness (QED) is 0.670. The Balaban J connectivity index is 0. The third-order valence-electron chi connectivity index (χ3n) is 2.86. The molecule has 0 aromatic carbocycles. The first-order chi connectivity index (χ1) is 6.52. The third kappa shape index (κ3) is 6.08. The van der Waals surface area contributed by atoms with Crippen LogP contribution in [-0.4, -0.2) is 27.8 Å². The van der Waals surface area contributed by atoms with E-state index in [9.17, 15) is 9.90 Å². The number of hydrogen-bond donors (Lipinski definition) is 3. The van der Waals surface area contributed by atoms with Gasteiger partial charge < -0.3 is 15.9 Å². The second-order valence-electron chi connectivity index (χ2n) is 4.39. The summed E-state index contributed by atoms with van der Waals surface area (Å²) in [5, 5.41) is 18.3. The van der Waals surface area contributed by atoms with Crippen LogP contribution in [0.25, 0.3) is 0 Å². The highest BCUT2D eigenvalue weighted by molar-refractivity contribution is 5.68. The molecule has 94 valence electrons. The molecule has 0 aliphatic heterocycles. The van der Waals surface area contributed by atoms with Crippen LogP contribution in [0.5, 0.6) is 0 Å². The van der Waals surface area contributed by atoms with Crippen LogP contribution in [0.4, 0.5) is 0 Å². The van der Waals surface area contributed by atoms with E-state index in [1.807, 2.05) is 0 Å². The van der Waals surface area contributed by atoms with Crippen LogP contribution in [0.15, 0.2) is 0 Å². The number of hydrogen-bond acceptors (Lipinski definition) is 3. The van der Waals surface area contributed by atoms with Crippen molar-refractivity contribution < 1.29 is 15.0 Å². The summed E-state index contributed by atoms with van der Waals surface area (Å²) < 4.78 is 0. The molecule has 1 rings (SSSR count). The molecule has 1 aliphatic carbocycles. The third-order valence-corrected chi connectivity index (χ3v) is 2.86. The fraction of sp³-hybridized carbons (Fsp3) is 0.750. The minimum absolute atomic E-state index is 0. The molecule has 0 amide bonds. The summed E-state index contributed by atoms with van der Waals surface area (Å²) in [6, 6.07) is 0. The van der Waals surface area contributed by atoms with E-state index in [1.54, 1.807) is 0 Å². The molecule has 0 aromatic heterocycles. The van der Waals surface area contributed by atoms with Gasteiger partial charge in [-0.1, -0.05) is 34.1 Å². The first-order valence-electron chi connectivity index (χ1n) is 5.21. The van der Waals surface area contributed by atoms with Gasteiger partial charge in [-0.05, 0) is 19.3 Å². The predicted molar refractivity (Wildman–Crippen MR) is 63.6 cm³/mol. The number of carboxylic acids is 1. The van der Waals surface area contributed by atoms with Gasteiger partial charge in [-0.2, -0.15) is 0 Å². The van der Waals surface area contributed by atoms with Crippen molar-refractivity contribution in [2.45, 2.75) is 56.6 Å². The van der Waals surface area contributed by atoms with Gasteiger partial charge in [0.25, 0.3) is 0 Å². The Morgan fingerprint density at radius 3 is 2.50 bits per heavy atom. The fourth-order valence-corrected chi connectivity index (χ4v) is 2.17. The zero-order chi connectivity index (χ0) is 10.6. The number of rotatable bonds is 2. The van der Waals surface area contributed by atoms with Gasteiger partial charge in [-0.25, -0.2) is 0 Å². The molecule has 0 aromatic rings. The molecule has 4 nitrogen and oxygen atoms in total. The Kier molecular flexibility index (Phi) is 8.47. The van der Waals surface area contributed by atoms with Crippen molar-refractivity contribution in [3.05, 3.63) is 14.9 Å². The second kappa shape index (κ2) is 7.63. The zero-order valence-corrected chi connectivity index (χ0v) is 9.82. The van der Waals surface area contributed by atoms with E-state index >= 15 is 0 Å². The van der Waals surface area contributed by atoms with E-state index in [0.717, 1.165) is 25.7 Å². The van der Waals surface area contributed by atoms with Crippen molar-refractivity contribution in [1.82, 2.24) is 0 Å². The number of nitrogens with two attached hydrogens (primary N) is 1. The van der Waals surface area contributed by atoms with Crippen LogP contribution in [0.3, 0.4) is 0 Å². The molecule has 0 heterocycles. The monoisotopic (exact) mass is 229 g/mol. The van der Waals surface area contributed by atoms with Gasteiger partial charge in [-0.15, -0.1) is 0 Å². The van der Waals surface area contributed by atoms with Gasteiger partial charge in [0.05, 0.1) is 12.5 Å². The number of carbonyl (C=O) groups is 1. The lowest BCUT2D eigenvalue weighted by atomic mass is 9.81. The normalized spacial score (nSPS) is 30.2. The van der Waals surface area contributed by atoms with Gasteiger partial charge in [0.2, 0.25) is 0 Å². The van der Waals surface area contributed by atoms with E-state index in [0.29, 0.717) is 12.8 Å². The molecule has 1 aliphatic rings. The van der Waals surface area contributed by atoms with Crippen LogP contribution in [0, 0.1) is 14.9 Å². The van der Waals surface area contributed by atoms with Gasteiger partial charge in [0, 0.05) is 5.54 Å². The summed E-state index contributed by atoms with van der Waals surface area (Å²) in [6.07, 6.45) is 4.43. The Morgan fingerprint density at radius 2 is 1.94 bits per heavy atom. The molecule has 4 heteroatoms. The number of aliphatic carboxylic acids is 1. The van der Waals surface area contributed by atoms with E-state index < -0.39 is 17.6 Å². The lowest BCUT2D eigenvalue weighted by Gasteiger charge is -2.32. The van der Waals surface area contributed by atoms with Crippen LogP contribution in [-0.2, 0) is 4.79 Å². The van der Waals surface area contributed by atoms with Crippen molar-refractivity contribution in [2.24, 2.45) is 5.73 Å². The van der Waals surface area contributed by atoms with E-state index in [-0.39, 0.29) is 21.3 Å². The van der Waals surface area contributed by atoms with Crippen molar-refractivity contribution in [1.29, 1.82) is 0 Å². The number of aliphatic hydroxyl groups excluding tert-OH is 1. The SMILES string of the molecule is NC1(CC(=O)O)CCCCCC(O)C1.[CH2].[CH2]. The topological polar surface area (TPSA) is 83.6 Å². The standard InChI is InChI=1S/C10H19NO3.2CH2/c11-10(7-9(13)14)5-3-1-2-4-8(12)6-10;;/h8,12H,1-7,11H2,(H,13,14);2*1H2. The highest BCUT2D eigenvalue weighted by Crippen LogP contribution is 2.27. The summed E-state index contributed by atoms with van der Waals surface area (Å²) in [5.74, 6) is -0.875. The van der Waals surface area contributed by atoms with Gasteiger partial charge in [0.1, 0.15) is 0 Å². The zero-order valence-electron chi connectivity index (χ0n) is 9.82. The van der Waals surface area contributed by atoms with Crippen molar-refractivity contribution in [3.63, 3.8) is 0 Å². The molecule has 16 heavy (non-hydrogen) atoms. The first-order valence-corrected chi connectivity index (χ1v) is 5.21. The Labute approximate surface area is 98.8 Å². The minimum Gasteiger partial charge on any atom is -0.481 e. The summed E-state index contributed by atoms with van der Waals surface area (Å²) in [6.45, 7) is 0. The van der Waals surface area contributed by atoms with Crippen molar-refractivity contribution >= 4 is 5.97 Å². The molecular weight excluding hydrogens is 206 g/mol. The highest BCUT2D eigenvalue weighted by Gasteiger charge is 2.31. The van der Waals surface area contributed by atoms with Crippen LogP contribution in [0.1, 0.15) is 44.9 Å². The average molecular weight is 229 g/mol. The number of carboxylic acid groups (broad SMARTS) is 1. The Morgan fingerprint density at radius 1 is 1.31 bits per heavy atom. The van der Waals surface area contributed by atoms with Gasteiger partial charge >= 0.3 is 5.97 Å². The molecule has 2 atom stereocenters. The maximum atomic E-state index is 10.6. The van der Waals surface area contributed by atoms with Crippen LogP contribution >= 0.6 is 0 Å². The van der Waals surface area contributed by atoms with E-state index in [4.69, 9.17) is 10.8 Å². The molecule has 2 unspecified atom stereocenters. The summed E-state index contributed by atoms with van der Waals surface area (Å²) in [5.41, 5.74) is 5.28. The van der Waals surface area contributed by atoms with Gasteiger partial charge in [-0.3, -0.25) is 4.79 Å². The summed E-state index contributed by atoms with van der Waals surface area (Å²) in [7, 11) is 0. The lowest BCUT2D eigenvalue weighted by molar-refractivity contribution is -0.138. The van der Waals surface area contributed by atoms with Crippen LogP contribution in [0.2, 0.25) is 0 Å². The van der Waals surface area contributed by atoms with Crippen LogP contribution < -0.4 is 5.73 Å². The average Bonchev–Trinajstić information content (AvgIpc) is 1.98. The maximum Gasteiger partial charge on any atom is 0.305 e. The largest absolute Gasteiger partial charge is 0.481 e. The smallest absolute Gasteiger partial charge is 0.305 e. The van der Waals surface area contributed by atoms with E-state index in [2.05, 4.69) is 0 Å². The molecule has 4 N–H and O–H groups in total. The van der Waals surface area contributed by atoms with Gasteiger partial charge in [0.15, 0.2) is 0 Å². The molecule has 0 bridgehead atoms. The Bertz CT molecular complexity index is 208. The van der Waals surface area contributed by atoms with Crippen molar-refractivity contribution in [3.8, 4) is 0 Å². The first kappa shape index (κ1) is 17.8. The molecule has 1 fully saturated rings. The molecule has 4 radical (unpaired) electrons. The molecule has 0 spiro atoms. The molecule has 1 saturated carbocycles. The summed E-state index contributed by atoms with van der Waals surface area (Å²) in [4.78, 5) is 10.6. The fourth-order valence-electron chi connectivity index (χ4n) is 2.17.